The first-order valence-electron chi connectivity index (χ1n) is 6.39. The highest BCUT2D eigenvalue weighted by Gasteiger charge is 2.22. The van der Waals surface area contributed by atoms with Crippen LogP contribution in [0.2, 0.25) is 0 Å². The van der Waals surface area contributed by atoms with Gasteiger partial charge in [-0.1, -0.05) is 0 Å². The average molecular weight is 243 g/mol. The number of carbonyl (C=O) groups excluding carboxylic acids is 1. The Balaban J connectivity index is 1.97. The zero-order chi connectivity index (χ0) is 12.7. The summed E-state index contributed by atoms with van der Waals surface area (Å²) in [6, 6.07) is 0.519. The summed E-state index contributed by atoms with van der Waals surface area (Å²) >= 11 is 0. The van der Waals surface area contributed by atoms with Gasteiger partial charge < -0.3 is 15.4 Å². The third kappa shape index (κ3) is 6.00. The van der Waals surface area contributed by atoms with Crippen molar-refractivity contribution in [3.8, 4) is 0 Å². The quantitative estimate of drug-likeness (QED) is 0.581. The average Bonchev–Trinajstić information content (AvgIpc) is 2.13. The fraction of sp³-hybridized carbons (Fsp3) is 0.917. The highest BCUT2D eigenvalue weighted by molar-refractivity contribution is 5.77. The van der Waals surface area contributed by atoms with Crippen molar-refractivity contribution in [2.45, 2.75) is 32.4 Å². The van der Waals surface area contributed by atoms with Crippen LogP contribution in [0.4, 0.5) is 0 Å². The lowest BCUT2D eigenvalue weighted by atomic mass is 10.1. The highest BCUT2D eigenvalue weighted by Crippen LogP contribution is 2.00. The van der Waals surface area contributed by atoms with Gasteiger partial charge >= 0.3 is 0 Å². The van der Waals surface area contributed by atoms with E-state index >= 15 is 0 Å². The van der Waals surface area contributed by atoms with Crippen LogP contribution < -0.4 is 10.6 Å². The van der Waals surface area contributed by atoms with Crippen LogP contribution >= 0.6 is 0 Å². The Morgan fingerprint density at radius 1 is 1.53 bits per heavy atom. The second-order valence-corrected chi connectivity index (χ2v) is 4.85. The van der Waals surface area contributed by atoms with Crippen molar-refractivity contribution in [3.63, 3.8) is 0 Å². The van der Waals surface area contributed by atoms with Crippen molar-refractivity contribution in [2.75, 3.05) is 39.8 Å². The van der Waals surface area contributed by atoms with E-state index in [0.29, 0.717) is 25.7 Å². The lowest BCUT2D eigenvalue weighted by molar-refractivity contribution is -0.122. The van der Waals surface area contributed by atoms with E-state index in [4.69, 9.17) is 4.74 Å². The second kappa shape index (κ2) is 7.63. The van der Waals surface area contributed by atoms with Crippen LogP contribution in [0.5, 0.6) is 0 Å². The van der Waals surface area contributed by atoms with Crippen molar-refractivity contribution >= 4 is 5.91 Å². The molecule has 5 nitrogen and oxygen atoms in total. The van der Waals surface area contributed by atoms with Crippen LogP contribution in [-0.2, 0) is 9.53 Å². The van der Waals surface area contributed by atoms with Gasteiger partial charge in [0.25, 0.3) is 0 Å². The van der Waals surface area contributed by atoms with Crippen molar-refractivity contribution in [3.05, 3.63) is 0 Å². The number of amides is 1. The largest absolute Gasteiger partial charge is 0.379 e. The standard InChI is InChI=1S/C12H25N3O2/c1-10(2)17-6-4-5-14-12(16)9-15(3)11-7-13-8-11/h10-11,13H,4-9H2,1-3H3,(H,14,16). The number of carbonyl (C=O) groups is 1. The molecule has 0 aromatic heterocycles. The molecule has 1 heterocycles. The number of nitrogens with zero attached hydrogens (tertiary/aromatic N) is 1. The van der Waals surface area contributed by atoms with E-state index in [9.17, 15) is 4.79 Å². The Kier molecular flexibility index (Phi) is 6.47. The van der Waals surface area contributed by atoms with Gasteiger partial charge in [0.2, 0.25) is 5.91 Å². The molecule has 5 heteroatoms. The molecule has 0 atom stereocenters. The highest BCUT2D eigenvalue weighted by atomic mass is 16.5. The number of nitrogens with one attached hydrogen (secondary N) is 2. The Morgan fingerprint density at radius 2 is 2.24 bits per heavy atom. The molecule has 17 heavy (non-hydrogen) atoms. The maximum Gasteiger partial charge on any atom is 0.234 e. The fourth-order valence-electron chi connectivity index (χ4n) is 1.62. The minimum atomic E-state index is 0.101. The molecule has 1 fully saturated rings. The van der Waals surface area contributed by atoms with Crippen LogP contribution in [0.15, 0.2) is 0 Å². The molecule has 1 aliphatic heterocycles. The van der Waals surface area contributed by atoms with Gasteiger partial charge in [0.05, 0.1) is 12.6 Å². The summed E-state index contributed by atoms with van der Waals surface area (Å²) in [6.07, 6.45) is 1.14. The van der Waals surface area contributed by atoms with Gasteiger partial charge in [-0.2, -0.15) is 0 Å². The van der Waals surface area contributed by atoms with E-state index in [-0.39, 0.29) is 12.0 Å². The molecule has 0 spiro atoms. The molecule has 1 saturated heterocycles. The molecule has 0 aliphatic carbocycles. The minimum Gasteiger partial charge on any atom is -0.379 e. The summed E-state index contributed by atoms with van der Waals surface area (Å²) in [6.45, 7) is 7.90. The lowest BCUT2D eigenvalue weighted by Crippen LogP contribution is -2.57. The van der Waals surface area contributed by atoms with Crippen LogP contribution in [0, 0.1) is 0 Å². The molecular weight excluding hydrogens is 218 g/mol. The molecular formula is C12H25N3O2. The fourth-order valence-corrected chi connectivity index (χ4v) is 1.62. The number of rotatable bonds is 8. The Hall–Kier alpha value is -0.650. The Morgan fingerprint density at radius 3 is 2.76 bits per heavy atom. The van der Waals surface area contributed by atoms with Crippen molar-refractivity contribution in [1.82, 2.24) is 15.5 Å². The normalized spacial score (nSPS) is 16.3. The summed E-state index contributed by atoms with van der Waals surface area (Å²) in [5, 5.41) is 6.11. The monoisotopic (exact) mass is 243 g/mol. The maximum absolute atomic E-state index is 11.6. The van der Waals surface area contributed by atoms with Gasteiger partial charge in [-0.25, -0.2) is 0 Å². The molecule has 1 rings (SSSR count). The van der Waals surface area contributed by atoms with E-state index in [2.05, 4.69) is 15.5 Å². The van der Waals surface area contributed by atoms with Crippen molar-refractivity contribution < 1.29 is 9.53 Å². The van der Waals surface area contributed by atoms with E-state index in [0.717, 1.165) is 19.5 Å². The number of hydrogen-bond acceptors (Lipinski definition) is 4. The second-order valence-electron chi connectivity index (χ2n) is 4.85. The predicted octanol–water partition coefficient (Wildman–Crippen LogP) is -0.179. The number of likely N-dealkylation sites (N-methyl/N-ethyl adjacent to an activating group) is 1. The Labute approximate surface area is 104 Å². The van der Waals surface area contributed by atoms with Gasteiger partial charge in [-0.05, 0) is 27.3 Å². The first-order chi connectivity index (χ1) is 8.09. The van der Waals surface area contributed by atoms with Gasteiger partial charge in [0.1, 0.15) is 0 Å². The summed E-state index contributed by atoms with van der Waals surface area (Å²) in [5.41, 5.74) is 0. The molecule has 100 valence electrons. The van der Waals surface area contributed by atoms with E-state index < -0.39 is 0 Å². The first kappa shape index (κ1) is 14.4. The van der Waals surface area contributed by atoms with Crippen LogP contribution in [0.1, 0.15) is 20.3 Å². The molecule has 0 aromatic rings. The summed E-state index contributed by atoms with van der Waals surface area (Å²) in [7, 11) is 1.99. The zero-order valence-corrected chi connectivity index (χ0v) is 11.2. The first-order valence-corrected chi connectivity index (χ1v) is 6.39. The predicted molar refractivity (Wildman–Crippen MR) is 68.0 cm³/mol. The molecule has 0 unspecified atom stereocenters. The topological polar surface area (TPSA) is 53.6 Å². The molecule has 1 aliphatic rings. The smallest absolute Gasteiger partial charge is 0.234 e. The van der Waals surface area contributed by atoms with Gasteiger partial charge in [-0.15, -0.1) is 0 Å². The van der Waals surface area contributed by atoms with Gasteiger partial charge in [-0.3, -0.25) is 9.69 Å². The van der Waals surface area contributed by atoms with Crippen molar-refractivity contribution in [1.29, 1.82) is 0 Å². The third-order valence-corrected chi connectivity index (χ3v) is 2.87. The molecule has 0 bridgehead atoms. The third-order valence-electron chi connectivity index (χ3n) is 2.87. The molecule has 1 amide bonds. The zero-order valence-electron chi connectivity index (χ0n) is 11.2. The maximum atomic E-state index is 11.6. The number of ether oxygens (including phenoxy) is 1. The summed E-state index contributed by atoms with van der Waals surface area (Å²) < 4.78 is 5.40. The SMILES string of the molecule is CC(C)OCCCNC(=O)CN(C)C1CNC1. The van der Waals surface area contributed by atoms with Crippen molar-refractivity contribution in [2.24, 2.45) is 0 Å². The summed E-state index contributed by atoms with van der Waals surface area (Å²) in [4.78, 5) is 13.7. The molecule has 2 N–H and O–H groups in total. The van der Waals surface area contributed by atoms with Crippen LogP contribution in [-0.4, -0.2) is 62.8 Å². The van der Waals surface area contributed by atoms with E-state index in [1.165, 1.54) is 0 Å². The van der Waals surface area contributed by atoms with E-state index in [1.807, 2.05) is 20.9 Å². The van der Waals surface area contributed by atoms with Gasteiger partial charge in [0, 0.05) is 32.3 Å². The minimum absolute atomic E-state index is 0.101. The van der Waals surface area contributed by atoms with E-state index in [1.54, 1.807) is 0 Å². The molecule has 0 radical (unpaired) electrons. The van der Waals surface area contributed by atoms with Crippen LogP contribution in [0.3, 0.4) is 0 Å². The lowest BCUT2D eigenvalue weighted by Gasteiger charge is -2.35. The number of hydrogen-bond donors (Lipinski definition) is 2. The molecule has 0 saturated carbocycles. The molecule has 0 aromatic carbocycles. The van der Waals surface area contributed by atoms with Crippen LogP contribution in [0.25, 0.3) is 0 Å². The van der Waals surface area contributed by atoms with Gasteiger partial charge in [0.15, 0.2) is 0 Å². The Bertz CT molecular complexity index is 230. The summed E-state index contributed by atoms with van der Waals surface area (Å²) in [5.74, 6) is 0.101.